The summed E-state index contributed by atoms with van der Waals surface area (Å²) in [6.45, 7) is 5.04. The Morgan fingerprint density at radius 1 is 1.13 bits per heavy atom. The fourth-order valence-corrected chi connectivity index (χ4v) is 2.30. The van der Waals surface area contributed by atoms with Gasteiger partial charge in [-0.2, -0.15) is 0 Å². The van der Waals surface area contributed by atoms with E-state index in [4.69, 9.17) is 18.9 Å². The number of hydrogen-bond donors (Lipinski definition) is 1. The lowest BCUT2D eigenvalue weighted by atomic mass is 10.2. The van der Waals surface area contributed by atoms with Crippen molar-refractivity contribution in [3.05, 3.63) is 54.6 Å². The van der Waals surface area contributed by atoms with E-state index in [0.717, 1.165) is 22.7 Å². The summed E-state index contributed by atoms with van der Waals surface area (Å²) in [5.41, 5.74) is 2.06. The third-order valence-corrected chi connectivity index (χ3v) is 3.45. The quantitative estimate of drug-likeness (QED) is 0.792. The molecule has 0 unspecified atom stereocenters. The number of hydrogen-bond acceptors (Lipinski definition) is 5. The van der Waals surface area contributed by atoms with Gasteiger partial charge in [-0.05, 0) is 29.8 Å². The highest BCUT2D eigenvalue weighted by Crippen LogP contribution is 2.34. The number of anilines is 1. The van der Waals surface area contributed by atoms with Crippen molar-refractivity contribution in [3.8, 4) is 23.0 Å². The van der Waals surface area contributed by atoms with Crippen molar-refractivity contribution in [2.75, 3.05) is 25.8 Å². The topological polar surface area (TPSA) is 49.0 Å². The first-order valence-electron chi connectivity index (χ1n) is 7.34. The summed E-state index contributed by atoms with van der Waals surface area (Å²) in [4.78, 5) is 0. The van der Waals surface area contributed by atoms with Crippen molar-refractivity contribution in [1.29, 1.82) is 0 Å². The summed E-state index contributed by atoms with van der Waals surface area (Å²) in [6, 6.07) is 11.7. The molecule has 0 saturated heterocycles. The summed E-state index contributed by atoms with van der Waals surface area (Å²) < 4.78 is 21.6. The molecule has 0 bridgehead atoms. The van der Waals surface area contributed by atoms with Crippen molar-refractivity contribution in [2.24, 2.45) is 0 Å². The van der Waals surface area contributed by atoms with Crippen LogP contribution in [0.4, 0.5) is 5.69 Å². The Balaban J connectivity index is 1.67. The maximum absolute atomic E-state index is 5.55. The normalized spacial score (nSPS) is 11.9. The highest BCUT2D eigenvalue weighted by Gasteiger charge is 2.13. The zero-order valence-electron chi connectivity index (χ0n) is 13.0. The Labute approximate surface area is 135 Å². The van der Waals surface area contributed by atoms with Gasteiger partial charge in [-0.1, -0.05) is 18.7 Å². The van der Waals surface area contributed by atoms with Gasteiger partial charge in [0.15, 0.2) is 23.0 Å². The predicted molar refractivity (Wildman–Crippen MR) is 88.6 cm³/mol. The monoisotopic (exact) mass is 313 g/mol. The van der Waals surface area contributed by atoms with Gasteiger partial charge in [0.05, 0.1) is 7.11 Å². The minimum atomic E-state index is 0.280. The molecule has 3 rings (SSSR count). The molecule has 1 aliphatic heterocycles. The zero-order chi connectivity index (χ0) is 16.1. The van der Waals surface area contributed by atoms with Crippen LogP contribution in [-0.2, 0) is 6.54 Å². The molecule has 1 N–H and O–H groups in total. The molecule has 0 fully saturated rings. The Hall–Kier alpha value is -2.82. The minimum Gasteiger partial charge on any atom is -0.493 e. The number of nitrogens with one attached hydrogen (secondary N) is 1. The molecule has 0 aromatic heterocycles. The van der Waals surface area contributed by atoms with E-state index in [0.29, 0.717) is 24.7 Å². The molecule has 23 heavy (non-hydrogen) atoms. The average Bonchev–Trinajstić information content (AvgIpc) is 3.06. The zero-order valence-corrected chi connectivity index (χ0v) is 13.0. The molecule has 0 atom stereocenters. The van der Waals surface area contributed by atoms with Gasteiger partial charge in [-0.15, -0.1) is 0 Å². The highest BCUT2D eigenvalue weighted by atomic mass is 16.7. The van der Waals surface area contributed by atoms with E-state index >= 15 is 0 Å². The largest absolute Gasteiger partial charge is 0.493 e. The van der Waals surface area contributed by atoms with Crippen LogP contribution in [0.15, 0.2) is 49.1 Å². The number of methoxy groups -OCH3 is 1. The number of benzene rings is 2. The molecule has 1 aliphatic rings. The lowest BCUT2D eigenvalue weighted by Crippen LogP contribution is -2.01. The van der Waals surface area contributed by atoms with Crippen molar-refractivity contribution in [2.45, 2.75) is 6.54 Å². The van der Waals surface area contributed by atoms with Crippen LogP contribution in [-0.4, -0.2) is 20.5 Å². The van der Waals surface area contributed by atoms with Crippen LogP contribution in [0.25, 0.3) is 0 Å². The van der Waals surface area contributed by atoms with E-state index in [1.165, 1.54) is 0 Å². The number of fused-ring (bicyclic) bond motifs is 1. The van der Waals surface area contributed by atoms with Gasteiger partial charge in [-0.25, -0.2) is 0 Å². The van der Waals surface area contributed by atoms with Crippen LogP contribution < -0.4 is 24.3 Å². The second-order valence-corrected chi connectivity index (χ2v) is 5.01. The summed E-state index contributed by atoms with van der Waals surface area (Å²) in [7, 11) is 1.63. The Kier molecular flexibility index (Phi) is 4.57. The van der Waals surface area contributed by atoms with Crippen molar-refractivity contribution >= 4 is 5.69 Å². The van der Waals surface area contributed by atoms with Crippen LogP contribution in [0.1, 0.15) is 5.56 Å². The van der Waals surface area contributed by atoms with E-state index in [1.54, 1.807) is 13.2 Å². The molecular weight excluding hydrogens is 294 g/mol. The van der Waals surface area contributed by atoms with Crippen molar-refractivity contribution in [1.82, 2.24) is 0 Å². The predicted octanol–water partition coefficient (Wildman–Crippen LogP) is 3.60. The van der Waals surface area contributed by atoms with Crippen molar-refractivity contribution < 1.29 is 18.9 Å². The summed E-state index contributed by atoms with van der Waals surface area (Å²) >= 11 is 0. The number of ether oxygens (including phenoxy) is 4. The molecule has 0 aliphatic carbocycles. The van der Waals surface area contributed by atoms with Crippen LogP contribution in [0, 0.1) is 0 Å². The van der Waals surface area contributed by atoms with Crippen LogP contribution in [0.5, 0.6) is 23.0 Å². The second-order valence-electron chi connectivity index (χ2n) is 5.01. The smallest absolute Gasteiger partial charge is 0.231 e. The van der Waals surface area contributed by atoms with Gasteiger partial charge >= 0.3 is 0 Å². The number of rotatable bonds is 7. The van der Waals surface area contributed by atoms with Crippen LogP contribution in [0.3, 0.4) is 0 Å². The fourth-order valence-electron chi connectivity index (χ4n) is 2.30. The van der Waals surface area contributed by atoms with Gasteiger partial charge in [0, 0.05) is 18.3 Å². The molecule has 1 heterocycles. The molecule has 2 aromatic carbocycles. The first kappa shape index (κ1) is 15.1. The molecule has 0 spiro atoms. The van der Waals surface area contributed by atoms with E-state index in [-0.39, 0.29) is 6.79 Å². The Morgan fingerprint density at radius 3 is 2.83 bits per heavy atom. The highest BCUT2D eigenvalue weighted by molar-refractivity contribution is 5.56. The molecule has 0 radical (unpaired) electrons. The molecular formula is C18H19NO4. The maximum Gasteiger partial charge on any atom is 0.231 e. The summed E-state index contributed by atoms with van der Waals surface area (Å²) in [5, 5.41) is 3.36. The first-order chi connectivity index (χ1) is 11.3. The van der Waals surface area contributed by atoms with Crippen molar-refractivity contribution in [3.63, 3.8) is 0 Å². The maximum atomic E-state index is 5.55. The van der Waals surface area contributed by atoms with Gasteiger partial charge in [0.1, 0.15) is 6.61 Å². The molecule has 120 valence electrons. The van der Waals surface area contributed by atoms with E-state index in [9.17, 15) is 0 Å². The lowest BCUT2D eigenvalue weighted by Gasteiger charge is -2.12. The van der Waals surface area contributed by atoms with E-state index in [1.807, 2.05) is 36.4 Å². The molecule has 0 saturated carbocycles. The third kappa shape index (κ3) is 3.51. The third-order valence-electron chi connectivity index (χ3n) is 3.45. The Morgan fingerprint density at radius 2 is 2.00 bits per heavy atom. The van der Waals surface area contributed by atoms with Gasteiger partial charge in [0.25, 0.3) is 0 Å². The van der Waals surface area contributed by atoms with E-state index < -0.39 is 0 Å². The standard InChI is InChI=1S/C18H19NO4/c1-3-8-21-15-6-4-13(9-17(15)20-2)11-19-14-5-7-16-18(10-14)23-12-22-16/h3-7,9-10,19H,1,8,11-12H2,2H3. The molecule has 0 amide bonds. The van der Waals surface area contributed by atoms with Gasteiger partial charge < -0.3 is 24.3 Å². The fraction of sp³-hybridized carbons (Fsp3) is 0.222. The first-order valence-corrected chi connectivity index (χ1v) is 7.34. The summed E-state index contributed by atoms with van der Waals surface area (Å²) in [5.74, 6) is 2.96. The molecule has 5 heteroatoms. The second kappa shape index (κ2) is 6.96. The lowest BCUT2D eigenvalue weighted by molar-refractivity contribution is 0.174. The summed E-state index contributed by atoms with van der Waals surface area (Å²) in [6.07, 6.45) is 1.70. The van der Waals surface area contributed by atoms with Crippen LogP contribution in [0.2, 0.25) is 0 Å². The SMILES string of the molecule is C=CCOc1ccc(CNc2ccc3c(c2)OCO3)cc1OC. The van der Waals surface area contributed by atoms with Gasteiger partial charge in [0.2, 0.25) is 6.79 Å². The minimum absolute atomic E-state index is 0.280. The molecule has 5 nitrogen and oxygen atoms in total. The average molecular weight is 313 g/mol. The van der Waals surface area contributed by atoms with Gasteiger partial charge in [-0.3, -0.25) is 0 Å². The van der Waals surface area contributed by atoms with Crippen LogP contribution >= 0.6 is 0 Å². The van der Waals surface area contributed by atoms with E-state index in [2.05, 4.69) is 11.9 Å². The Bertz CT molecular complexity index is 699. The molecule has 2 aromatic rings.